The van der Waals surface area contributed by atoms with Gasteiger partial charge in [-0.1, -0.05) is 18.7 Å². The van der Waals surface area contributed by atoms with E-state index in [4.69, 9.17) is 11.6 Å². The van der Waals surface area contributed by atoms with Crippen LogP contribution in [0, 0.1) is 6.92 Å². The minimum Gasteiger partial charge on any atom is -0.231 e. The van der Waals surface area contributed by atoms with Gasteiger partial charge >= 0.3 is 0 Å². The summed E-state index contributed by atoms with van der Waals surface area (Å²) in [6.07, 6.45) is 1.77. The summed E-state index contributed by atoms with van der Waals surface area (Å²) < 4.78 is 0. The molecular weight excluding hydrogens is 192 g/mol. The van der Waals surface area contributed by atoms with Crippen LogP contribution in [0.1, 0.15) is 12.6 Å². The van der Waals surface area contributed by atoms with Gasteiger partial charge in [-0.15, -0.1) is 11.6 Å². The molecule has 2 nitrogen and oxygen atoms in total. The van der Waals surface area contributed by atoms with Crippen LogP contribution in [0.25, 0.3) is 0 Å². The summed E-state index contributed by atoms with van der Waals surface area (Å²) in [6.45, 7) is 4.01. The lowest BCUT2D eigenvalue weighted by Crippen LogP contribution is -1.99. The average molecular weight is 203 g/mol. The van der Waals surface area contributed by atoms with E-state index < -0.39 is 0 Å². The quantitative estimate of drug-likeness (QED) is 0.428. The first-order valence-corrected chi connectivity index (χ1v) is 5.16. The number of hydrogen-bond donors (Lipinski definition) is 0. The molecule has 0 saturated carbocycles. The average Bonchev–Trinajstić information content (AvgIpc) is 2.04. The summed E-state index contributed by atoms with van der Waals surface area (Å²) in [4.78, 5) is 8.38. The highest BCUT2D eigenvalue weighted by Crippen LogP contribution is 2.19. The lowest BCUT2D eigenvalue weighted by atomic mass is 10.5. The summed E-state index contributed by atoms with van der Waals surface area (Å²) in [6, 6.07) is 1.88. The summed E-state index contributed by atoms with van der Waals surface area (Å²) in [5, 5.41) is 1.18. The van der Waals surface area contributed by atoms with Gasteiger partial charge in [0, 0.05) is 23.0 Å². The van der Waals surface area contributed by atoms with E-state index in [9.17, 15) is 0 Å². The lowest BCUT2D eigenvalue weighted by Gasteiger charge is -2.04. The molecule has 12 heavy (non-hydrogen) atoms. The normalized spacial score (nSPS) is 12.9. The summed E-state index contributed by atoms with van der Waals surface area (Å²) in [7, 11) is 0. The zero-order valence-corrected chi connectivity index (χ0v) is 8.69. The van der Waals surface area contributed by atoms with Gasteiger partial charge in [-0.3, -0.25) is 0 Å². The number of alkyl halides is 1. The molecular formula is C8H11ClN2S. The van der Waals surface area contributed by atoms with Crippen LogP contribution in [0.2, 0.25) is 0 Å². The molecule has 0 fully saturated rings. The van der Waals surface area contributed by atoms with E-state index in [0.29, 0.717) is 11.1 Å². The number of aryl methyl sites for hydroxylation is 1. The third-order valence-corrected chi connectivity index (χ3v) is 2.92. The van der Waals surface area contributed by atoms with Crippen LogP contribution in [0.5, 0.6) is 0 Å². The van der Waals surface area contributed by atoms with Crippen molar-refractivity contribution in [3.63, 3.8) is 0 Å². The van der Waals surface area contributed by atoms with Crippen molar-refractivity contribution in [2.24, 2.45) is 0 Å². The Hall–Kier alpha value is -0.280. The highest BCUT2D eigenvalue weighted by molar-refractivity contribution is 7.99. The molecule has 1 aromatic rings. The summed E-state index contributed by atoms with van der Waals surface area (Å²) >= 11 is 7.27. The van der Waals surface area contributed by atoms with Crippen LogP contribution in [-0.2, 0) is 0 Å². The Labute approximate surface area is 81.8 Å². The fourth-order valence-corrected chi connectivity index (χ4v) is 1.62. The van der Waals surface area contributed by atoms with Crippen LogP contribution >= 0.6 is 23.4 Å². The number of aromatic nitrogens is 2. The first-order chi connectivity index (χ1) is 5.72. The minimum absolute atomic E-state index is 0.369. The van der Waals surface area contributed by atoms with Gasteiger partial charge in [-0.2, -0.15) is 0 Å². The third-order valence-electron chi connectivity index (χ3n) is 1.30. The second-order valence-electron chi connectivity index (χ2n) is 2.56. The molecule has 0 N–H and O–H groups in total. The smallest absolute Gasteiger partial charge is 0.188 e. The van der Waals surface area contributed by atoms with Crippen LogP contribution in [0.3, 0.4) is 0 Å². The van der Waals surface area contributed by atoms with Gasteiger partial charge in [0.1, 0.15) is 0 Å². The molecule has 0 aliphatic heterocycles. The number of thioether (sulfide) groups is 1. The first-order valence-electron chi connectivity index (χ1n) is 3.74. The molecule has 0 aromatic carbocycles. The molecule has 0 saturated heterocycles. The van der Waals surface area contributed by atoms with E-state index in [0.717, 1.165) is 10.9 Å². The van der Waals surface area contributed by atoms with Gasteiger partial charge in [0.2, 0.25) is 0 Å². The predicted octanol–water partition coefficient (Wildman–Crippen LogP) is 2.50. The van der Waals surface area contributed by atoms with Gasteiger partial charge in [-0.05, 0) is 13.0 Å². The lowest BCUT2D eigenvalue weighted by molar-refractivity contribution is 0.924. The fraction of sp³-hybridized carbons (Fsp3) is 0.500. The largest absolute Gasteiger partial charge is 0.231 e. The van der Waals surface area contributed by atoms with Crippen molar-refractivity contribution < 1.29 is 0 Å². The third kappa shape index (κ3) is 2.99. The number of nitrogens with zero attached hydrogens (tertiary/aromatic N) is 2. The van der Waals surface area contributed by atoms with Crippen molar-refractivity contribution in [2.75, 3.05) is 5.88 Å². The zero-order chi connectivity index (χ0) is 8.97. The molecule has 4 heteroatoms. The monoisotopic (exact) mass is 202 g/mol. The molecule has 0 aliphatic carbocycles. The SMILES string of the molecule is Cc1ccnc(SC(C)CCl)n1. The minimum atomic E-state index is 0.369. The second-order valence-corrected chi connectivity index (χ2v) is 4.28. The molecule has 1 aromatic heterocycles. The number of halogens is 1. The molecule has 0 amide bonds. The van der Waals surface area contributed by atoms with Gasteiger partial charge in [0.05, 0.1) is 0 Å². The Balaban J connectivity index is 2.63. The molecule has 0 spiro atoms. The molecule has 1 rings (SSSR count). The van der Waals surface area contributed by atoms with E-state index in [2.05, 4.69) is 16.9 Å². The molecule has 1 heterocycles. The Kier molecular flexibility index (Phi) is 3.82. The van der Waals surface area contributed by atoms with E-state index in [-0.39, 0.29) is 0 Å². The standard InChI is InChI=1S/C8H11ClN2S/c1-6-3-4-10-8(11-6)12-7(2)5-9/h3-4,7H,5H2,1-2H3. The first kappa shape index (κ1) is 9.81. The topological polar surface area (TPSA) is 25.8 Å². The number of hydrogen-bond acceptors (Lipinski definition) is 3. The molecule has 0 radical (unpaired) electrons. The summed E-state index contributed by atoms with van der Waals surface area (Å²) in [5.41, 5.74) is 0.995. The van der Waals surface area contributed by atoms with Crippen molar-refractivity contribution in [2.45, 2.75) is 24.3 Å². The number of rotatable bonds is 3. The highest BCUT2D eigenvalue weighted by atomic mass is 35.5. The van der Waals surface area contributed by atoms with Crippen LogP contribution in [0.4, 0.5) is 0 Å². The predicted molar refractivity (Wildman–Crippen MR) is 52.8 cm³/mol. The van der Waals surface area contributed by atoms with Gasteiger partial charge in [-0.25, -0.2) is 9.97 Å². The van der Waals surface area contributed by atoms with E-state index in [1.54, 1.807) is 18.0 Å². The van der Waals surface area contributed by atoms with E-state index >= 15 is 0 Å². The molecule has 66 valence electrons. The van der Waals surface area contributed by atoms with Gasteiger partial charge in [0.15, 0.2) is 5.16 Å². The molecule has 0 aliphatic rings. The van der Waals surface area contributed by atoms with Gasteiger partial charge in [0.25, 0.3) is 0 Å². The van der Waals surface area contributed by atoms with Crippen LogP contribution in [-0.4, -0.2) is 21.1 Å². The fourth-order valence-electron chi connectivity index (χ4n) is 0.694. The van der Waals surface area contributed by atoms with Crippen molar-refractivity contribution >= 4 is 23.4 Å². The van der Waals surface area contributed by atoms with Crippen LogP contribution in [0.15, 0.2) is 17.4 Å². The van der Waals surface area contributed by atoms with Crippen LogP contribution < -0.4 is 0 Å². The Morgan fingerprint density at radius 1 is 1.67 bits per heavy atom. The maximum Gasteiger partial charge on any atom is 0.188 e. The van der Waals surface area contributed by atoms with Crippen molar-refractivity contribution in [3.8, 4) is 0 Å². The Morgan fingerprint density at radius 2 is 2.42 bits per heavy atom. The second kappa shape index (κ2) is 4.67. The Morgan fingerprint density at radius 3 is 3.00 bits per heavy atom. The van der Waals surface area contributed by atoms with E-state index in [1.165, 1.54) is 0 Å². The molecule has 1 atom stereocenters. The maximum atomic E-state index is 5.67. The van der Waals surface area contributed by atoms with Crippen molar-refractivity contribution in [1.82, 2.24) is 9.97 Å². The van der Waals surface area contributed by atoms with E-state index in [1.807, 2.05) is 13.0 Å². The molecule has 1 unspecified atom stereocenters. The zero-order valence-electron chi connectivity index (χ0n) is 7.12. The van der Waals surface area contributed by atoms with Gasteiger partial charge < -0.3 is 0 Å². The highest BCUT2D eigenvalue weighted by Gasteiger charge is 2.04. The maximum absolute atomic E-state index is 5.67. The van der Waals surface area contributed by atoms with Crippen molar-refractivity contribution in [1.29, 1.82) is 0 Å². The summed E-state index contributed by atoms with van der Waals surface area (Å²) in [5.74, 6) is 0.627. The molecule has 0 bridgehead atoms. The Bertz CT molecular complexity index is 255. The van der Waals surface area contributed by atoms with Crippen molar-refractivity contribution in [3.05, 3.63) is 18.0 Å².